The van der Waals surface area contributed by atoms with Gasteiger partial charge in [0.2, 0.25) is 23.6 Å². The van der Waals surface area contributed by atoms with Crippen molar-refractivity contribution in [3.63, 3.8) is 0 Å². The maximum atomic E-state index is 13.3. The largest absolute Gasteiger partial charge is 0.354 e. The lowest BCUT2D eigenvalue weighted by molar-refractivity contribution is -0.143. The molecule has 1 N–H and O–H groups in total. The highest BCUT2D eigenvalue weighted by atomic mass is 16.2. The van der Waals surface area contributed by atoms with Gasteiger partial charge in [-0.25, -0.2) is 0 Å². The molecule has 1 fully saturated rings. The van der Waals surface area contributed by atoms with Crippen molar-refractivity contribution in [3.05, 3.63) is 47.5 Å². The van der Waals surface area contributed by atoms with Crippen molar-refractivity contribution in [1.82, 2.24) is 15.1 Å². The Hall–Kier alpha value is -2.96. The average molecular weight is 454 g/mol. The number of carbonyl (C=O) groups is 4. The van der Waals surface area contributed by atoms with E-state index >= 15 is 0 Å². The fourth-order valence-electron chi connectivity index (χ4n) is 4.53. The van der Waals surface area contributed by atoms with Gasteiger partial charge in [-0.05, 0) is 44.2 Å². The first-order valence-electron chi connectivity index (χ1n) is 12.0. The van der Waals surface area contributed by atoms with Crippen LogP contribution in [0.25, 0.3) is 0 Å². The van der Waals surface area contributed by atoms with Gasteiger partial charge >= 0.3 is 0 Å². The van der Waals surface area contributed by atoms with Gasteiger partial charge in [0.25, 0.3) is 0 Å². The molecule has 178 valence electrons. The van der Waals surface area contributed by atoms with E-state index in [1.165, 1.54) is 4.90 Å². The number of nitrogens with one attached hydrogen (secondary N) is 1. The van der Waals surface area contributed by atoms with Crippen LogP contribution in [0.4, 0.5) is 0 Å². The van der Waals surface area contributed by atoms with Crippen LogP contribution in [0.1, 0.15) is 57.1 Å². The maximum absolute atomic E-state index is 13.3. The molecule has 0 bridgehead atoms. The molecule has 4 amide bonds. The molecular weight excluding hydrogens is 418 g/mol. The first-order valence-corrected chi connectivity index (χ1v) is 12.0. The second kappa shape index (κ2) is 11.3. The summed E-state index contributed by atoms with van der Waals surface area (Å²) >= 11 is 0. The minimum Gasteiger partial charge on any atom is -0.354 e. The Morgan fingerprint density at radius 1 is 1.12 bits per heavy atom. The van der Waals surface area contributed by atoms with Crippen molar-refractivity contribution < 1.29 is 19.2 Å². The summed E-state index contributed by atoms with van der Waals surface area (Å²) in [5.74, 6) is -1.41. The molecule has 1 aliphatic carbocycles. The van der Waals surface area contributed by atoms with Gasteiger partial charge in [-0.2, -0.15) is 0 Å². The molecule has 1 aliphatic heterocycles. The molecule has 0 aromatic heterocycles. The van der Waals surface area contributed by atoms with Crippen LogP contribution in [-0.2, 0) is 25.7 Å². The van der Waals surface area contributed by atoms with Gasteiger partial charge < -0.3 is 10.2 Å². The average Bonchev–Trinajstić information content (AvgIpc) is 3.06. The molecule has 0 spiro atoms. The van der Waals surface area contributed by atoms with Crippen molar-refractivity contribution in [2.75, 3.05) is 13.1 Å². The number of likely N-dealkylation sites (tertiary alicyclic amines) is 1. The molecule has 0 radical (unpaired) electrons. The van der Waals surface area contributed by atoms with Crippen molar-refractivity contribution in [2.45, 2.75) is 65.5 Å². The molecule has 7 heteroatoms. The molecular formula is C26H35N3O4. The smallest absolute Gasteiger partial charge is 0.242 e. The summed E-state index contributed by atoms with van der Waals surface area (Å²) in [6, 6.07) is 7.11. The Labute approximate surface area is 196 Å². The van der Waals surface area contributed by atoms with Gasteiger partial charge in [0.1, 0.15) is 6.04 Å². The second-order valence-corrected chi connectivity index (χ2v) is 9.00. The Morgan fingerprint density at radius 2 is 1.76 bits per heavy atom. The molecule has 1 aromatic carbocycles. The number of aryl methyl sites for hydroxylation is 1. The fourth-order valence-corrected chi connectivity index (χ4v) is 4.53. The monoisotopic (exact) mass is 453 g/mol. The quantitative estimate of drug-likeness (QED) is 0.335. The van der Waals surface area contributed by atoms with Gasteiger partial charge in [-0.15, -0.1) is 0 Å². The van der Waals surface area contributed by atoms with Crippen molar-refractivity contribution in [2.24, 2.45) is 11.8 Å². The Balaban J connectivity index is 1.70. The van der Waals surface area contributed by atoms with Crippen molar-refractivity contribution >= 4 is 23.6 Å². The number of benzene rings is 1. The summed E-state index contributed by atoms with van der Waals surface area (Å²) in [7, 11) is 0. The molecule has 0 unspecified atom stereocenters. The molecule has 3 atom stereocenters. The summed E-state index contributed by atoms with van der Waals surface area (Å²) in [5.41, 5.74) is 2.00. The fraction of sp³-hybridized carbons (Fsp3) is 0.538. The van der Waals surface area contributed by atoms with Gasteiger partial charge in [0, 0.05) is 26.1 Å². The third-order valence-electron chi connectivity index (χ3n) is 6.75. The van der Waals surface area contributed by atoms with Crippen molar-refractivity contribution in [1.29, 1.82) is 0 Å². The number of fused-ring (bicyclic) bond motifs is 1. The highest BCUT2D eigenvalue weighted by molar-refractivity contribution is 6.05. The van der Waals surface area contributed by atoms with Gasteiger partial charge in [0.15, 0.2) is 0 Å². The normalized spacial score (nSPS) is 20.5. The summed E-state index contributed by atoms with van der Waals surface area (Å²) in [5, 5.41) is 2.91. The van der Waals surface area contributed by atoms with E-state index in [1.54, 1.807) is 11.8 Å². The van der Waals surface area contributed by atoms with Gasteiger partial charge in [-0.3, -0.25) is 24.1 Å². The topological polar surface area (TPSA) is 86.8 Å². The zero-order valence-corrected chi connectivity index (χ0v) is 19.9. The van der Waals surface area contributed by atoms with E-state index in [2.05, 4.69) is 12.2 Å². The molecule has 1 heterocycles. The molecule has 3 rings (SSSR count). The van der Waals surface area contributed by atoms with Crippen molar-refractivity contribution in [3.8, 4) is 0 Å². The number of nitrogens with zero attached hydrogens (tertiary/aromatic N) is 2. The zero-order valence-electron chi connectivity index (χ0n) is 19.9. The minimum absolute atomic E-state index is 0.00279. The van der Waals surface area contributed by atoms with E-state index in [0.717, 1.165) is 24.0 Å². The van der Waals surface area contributed by atoms with Gasteiger partial charge in [-0.1, -0.05) is 49.8 Å². The molecule has 2 aliphatic rings. The van der Waals surface area contributed by atoms with Crippen LogP contribution in [0, 0.1) is 18.8 Å². The number of imide groups is 1. The van der Waals surface area contributed by atoms with Crippen LogP contribution >= 0.6 is 0 Å². The number of amides is 4. The zero-order chi connectivity index (χ0) is 24.0. The Bertz CT molecular complexity index is 900. The van der Waals surface area contributed by atoms with E-state index in [0.29, 0.717) is 25.9 Å². The highest BCUT2D eigenvalue weighted by Gasteiger charge is 2.47. The van der Waals surface area contributed by atoms with E-state index in [-0.39, 0.29) is 48.4 Å². The van der Waals surface area contributed by atoms with E-state index in [4.69, 9.17) is 0 Å². The third-order valence-corrected chi connectivity index (χ3v) is 6.75. The number of hydrogen-bond acceptors (Lipinski definition) is 4. The number of unbranched alkanes of at least 4 members (excludes halogenated alkanes) is 1. The molecule has 33 heavy (non-hydrogen) atoms. The predicted molar refractivity (Wildman–Crippen MR) is 126 cm³/mol. The first-order chi connectivity index (χ1) is 15.8. The molecule has 0 saturated carbocycles. The summed E-state index contributed by atoms with van der Waals surface area (Å²) in [6.45, 7) is 6.67. The third kappa shape index (κ3) is 5.70. The lowest BCUT2D eigenvalue weighted by Gasteiger charge is -2.30. The Kier molecular flexibility index (Phi) is 8.42. The van der Waals surface area contributed by atoms with Gasteiger partial charge in [0.05, 0.1) is 11.8 Å². The van der Waals surface area contributed by atoms with E-state index < -0.39 is 6.04 Å². The summed E-state index contributed by atoms with van der Waals surface area (Å²) < 4.78 is 0. The number of carbonyl (C=O) groups excluding carboxylic acids is 4. The molecule has 1 aromatic rings. The van der Waals surface area contributed by atoms with Crippen LogP contribution in [-0.4, -0.2) is 52.6 Å². The molecule has 7 nitrogen and oxygen atoms in total. The first kappa shape index (κ1) is 24.7. The number of rotatable bonds is 10. The highest BCUT2D eigenvalue weighted by Crippen LogP contribution is 2.35. The number of allylic oxidation sites excluding steroid dienone is 2. The number of hydrogen-bond donors (Lipinski definition) is 1. The lowest BCUT2D eigenvalue weighted by atomic mass is 9.85. The summed E-state index contributed by atoms with van der Waals surface area (Å²) in [4.78, 5) is 54.3. The molecule has 1 saturated heterocycles. The Morgan fingerprint density at radius 3 is 2.36 bits per heavy atom. The summed E-state index contributed by atoms with van der Waals surface area (Å²) in [6.07, 6.45) is 6.90. The van der Waals surface area contributed by atoms with Crippen LogP contribution in [0.2, 0.25) is 0 Å². The SMILES string of the molecule is CCCCNC(=O)[C@H](C)N(Cc1ccccc1C)C(=O)CCN1C(=O)[C@H]2CC=CC[C@H]2C1=O. The van der Waals surface area contributed by atoms with Crippen LogP contribution < -0.4 is 5.32 Å². The van der Waals surface area contributed by atoms with Crippen LogP contribution in [0.15, 0.2) is 36.4 Å². The second-order valence-electron chi connectivity index (χ2n) is 9.00. The minimum atomic E-state index is -0.661. The van der Waals surface area contributed by atoms with E-state index in [1.807, 2.05) is 43.3 Å². The predicted octanol–water partition coefficient (Wildman–Crippen LogP) is 2.97. The van der Waals surface area contributed by atoms with Crippen LogP contribution in [0.5, 0.6) is 0 Å². The lowest BCUT2D eigenvalue weighted by Crippen LogP contribution is -2.48. The van der Waals surface area contributed by atoms with E-state index in [9.17, 15) is 19.2 Å². The van der Waals surface area contributed by atoms with Crippen LogP contribution in [0.3, 0.4) is 0 Å². The maximum Gasteiger partial charge on any atom is 0.242 e. The standard InChI is InChI=1S/C26H35N3O4/c1-4-5-15-27-24(31)19(3)29(17-20-11-7-6-10-18(20)2)23(30)14-16-28-25(32)21-12-8-9-13-22(21)26(28)33/h6-11,19,21-22H,4-5,12-17H2,1-3H3,(H,27,31)/t19-,21-,22+/m0/s1.